The summed E-state index contributed by atoms with van der Waals surface area (Å²) in [7, 11) is 0. The van der Waals surface area contributed by atoms with Gasteiger partial charge in [-0.05, 0) is 19.8 Å². The Kier molecular flexibility index (Phi) is 5.02. The van der Waals surface area contributed by atoms with Gasteiger partial charge in [-0.15, -0.1) is 0 Å². The van der Waals surface area contributed by atoms with E-state index in [1.807, 2.05) is 0 Å². The van der Waals surface area contributed by atoms with Crippen LogP contribution in [0.25, 0.3) is 0 Å². The average molecular weight is 362 g/mol. The molecule has 138 valence electrons. The van der Waals surface area contributed by atoms with Crippen LogP contribution in [0.5, 0.6) is 0 Å². The van der Waals surface area contributed by atoms with Crippen molar-refractivity contribution in [3.8, 4) is 0 Å². The molecule has 23 heavy (non-hydrogen) atoms. The summed E-state index contributed by atoms with van der Waals surface area (Å²) in [5.41, 5.74) is -9.11. The first-order valence-electron chi connectivity index (χ1n) is 6.63. The predicted molar refractivity (Wildman–Crippen MR) is 59.2 cm³/mol. The quantitative estimate of drug-likeness (QED) is 0.730. The molecule has 0 aromatic rings. The summed E-state index contributed by atoms with van der Waals surface area (Å²) in [4.78, 5) is 0. The Morgan fingerprint density at radius 3 is 1.30 bits per heavy atom. The van der Waals surface area contributed by atoms with Crippen LogP contribution in [0.3, 0.4) is 0 Å². The van der Waals surface area contributed by atoms with Crippen molar-refractivity contribution in [1.29, 1.82) is 0 Å². The molecule has 0 saturated heterocycles. The third-order valence-electron chi connectivity index (χ3n) is 4.46. The van der Waals surface area contributed by atoms with Crippen LogP contribution >= 0.6 is 0 Å². The maximum Gasteiger partial charge on any atom is 0.426 e. The van der Waals surface area contributed by atoms with E-state index < -0.39 is 54.4 Å². The lowest BCUT2D eigenvalue weighted by Gasteiger charge is -2.48. The van der Waals surface area contributed by atoms with Gasteiger partial charge in [-0.25, -0.2) is 0 Å². The third kappa shape index (κ3) is 3.26. The van der Waals surface area contributed by atoms with E-state index in [0.29, 0.717) is 0 Å². The van der Waals surface area contributed by atoms with Crippen molar-refractivity contribution in [3.05, 3.63) is 0 Å². The zero-order valence-corrected chi connectivity index (χ0v) is 11.8. The van der Waals surface area contributed by atoms with Crippen LogP contribution < -0.4 is 0 Å². The number of aliphatic hydroxyl groups is 2. The highest BCUT2D eigenvalue weighted by molar-refractivity contribution is 5.07. The van der Waals surface area contributed by atoms with E-state index in [0.717, 1.165) is 0 Å². The highest BCUT2D eigenvalue weighted by Crippen LogP contribution is 2.56. The van der Waals surface area contributed by atoms with Crippen LogP contribution in [0, 0.1) is 11.8 Å². The lowest BCUT2D eigenvalue weighted by molar-refractivity contribution is -0.400. The van der Waals surface area contributed by atoms with Gasteiger partial charge in [0.2, 0.25) is 0 Å². The molecule has 2 N–H and O–H groups in total. The standard InChI is InChI=1S/C12H15F9O2/c1-8(22,10(13,14)15)6-4-2-3-5-7(6)9(23,11(16,17)18)12(19,20)21/h6-7,22-23H,2-5H2,1H3. The molecular weight excluding hydrogens is 347 g/mol. The van der Waals surface area contributed by atoms with E-state index in [4.69, 9.17) is 0 Å². The summed E-state index contributed by atoms with van der Waals surface area (Å²) in [6, 6.07) is 0. The Hall–Kier alpha value is -0.710. The van der Waals surface area contributed by atoms with Crippen molar-refractivity contribution in [1.82, 2.24) is 0 Å². The van der Waals surface area contributed by atoms with E-state index in [-0.39, 0.29) is 19.8 Å². The Morgan fingerprint density at radius 2 is 1.00 bits per heavy atom. The molecule has 0 heterocycles. The third-order valence-corrected chi connectivity index (χ3v) is 4.46. The molecule has 1 rings (SSSR count). The highest BCUT2D eigenvalue weighted by Gasteiger charge is 2.76. The van der Waals surface area contributed by atoms with Crippen LogP contribution in [0.1, 0.15) is 32.6 Å². The van der Waals surface area contributed by atoms with Crippen molar-refractivity contribution >= 4 is 0 Å². The number of rotatable bonds is 2. The van der Waals surface area contributed by atoms with E-state index in [1.165, 1.54) is 0 Å². The summed E-state index contributed by atoms with van der Waals surface area (Å²) >= 11 is 0. The minimum Gasteiger partial charge on any atom is -0.380 e. The first-order chi connectivity index (χ1) is 9.98. The highest BCUT2D eigenvalue weighted by atomic mass is 19.4. The number of alkyl halides is 9. The van der Waals surface area contributed by atoms with Gasteiger partial charge in [0.15, 0.2) is 5.60 Å². The Bertz CT molecular complexity index is 408. The van der Waals surface area contributed by atoms with Crippen molar-refractivity contribution in [2.45, 2.75) is 62.3 Å². The van der Waals surface area contributed by atoms with Gasteiger partial charge in [-0.1, -0.05) is 12.8 Å². The van der Waals surface area contributed by atoms with E-state index in [2.05, 4.69) is 0 Å². The monoisotopic (exact) mass is 362 g/mol. The molecular formula is C12H15F9O2. The molecule has 3 atom stereocenters. The molecule has 1 aliphatic carbocycles. The molecule has 0 aromatic heterocycles. The second-order valence-electron chi connectivity index (χ2n) is 5.90. The van der Waals surface area contributed by atoms with E-state index in [1.54, 1.807) is 0 Å². The summed E-state index contributed by atoms with van der Waals surface area (Å²) in [6.07, 6.45) is -19.9. The summed E-state index contributed by atoms with van der Waals surface area (Å²) in [6.45, 7) is 0.128. The molecule has 1 saturated carbocycles. The first kappa shape index (κ1) is 20.3. The molecule has 0 aromatic carbocycles. The average Bonchev–Trinajstić information content (AvgIpc) is 2.33. The fraction of sp³-hybridized carbons (Fsp3) is 1.00. The van der Waals surface area contributed by atoms with Gasteiger partial charge in [0.1, 0.15) is 0 Å². The van der Waals surface area contributed by atoms with Crippen molar-refractivity contribution in [2.24, 2.45) is 11.8 Å². The summed E-state index contributed by atoms with van der Waals surface area (Å²) in [5, 5.41) is 19.0. The molecule has 1 fully saturated rings. The largest absolute Gasteiger partial charge is 0.426 e. The van der Waals surface area contributed by atoms with Crippen LogP contribution in [0.4, 0.5) is 39.5 Å². The lowest BCUT2D eigenvalue weighted by Crippen LogP contribution is -2.67. The van der Waals surface area contributed by atoms with Gasteiger partial charge in [-0.2, -0.15) is 39.5 Å². The molecule has 1 aliphatic rings. The van der Waals surface area contributed by atoms with Gasteiger partial charge in [0.25, 0.3) is 5.60 Å². The van der Waals surface area contributed by atoms with Crippen LogP contribution in [0.15, 0.2) is 0 Å². The number of halogens is 9. The normalized spacial score (nSPS) is 27.7. The smallest absolute Gasteiger partial charge is 0.380 e. The Balaban J connectivity index is 3.45. The van der Waals surface area contributed by atoms with Gasteiger partial charge < -0.3 is 10.2 Å². The molecule has 0 aliphatic heterocycles. The minimum absolute atomic E-state index is 0.0841. The molecule has 0 spiro atoms. The van der Waals surface area contributed by atoms with Crippen molar-refractivity contribution in [2.75, 3.05) is 0 Å². The molecule has 3 unspecified atom stereocenters. The minimum atomic E-state index is -6.23. The number of hydrogen-bond acceptors (Lipinski definition) is 2. The van der Waals surface area contributed by atoms with Crippen molar-refractivity contribution < 1.29 is 49.7 Å². The van der Waals surface area contributed by atoms with Gasteiger partial charge in [-0.3, -0.25) is 0 Å². The molecule has 11 heteroatoms. The molecule has 0 amide bonds. The predicted octanol–water partition coefficient (Wildman–Crippen LogP) is 3.96. The number of hydrogen-bond donors (Lipinski definition) is 2. The summed E-state index contributed by atoms with van der Waals surface area (Å²) in [5.74, 6) is -5.29. The fourth-order valence-corrected chi connectivity index (χ4v) is 3.10. The molecule has 2 nitrogen and oxygen atoms in total. The van der Waals surface area contributed by atoms with E-state index in [9.17, 15) is 49.7 Å². The molecule has 0 bridgehead atoms. The summed E-state index contributed by atoms with van der Waals surface area (Å²) < 4.78 is 116. The van der Waals surface area contributed by atoms with Crippen LogP contribution in [-0.2, 0) is 0 Å². The van der Waals surface area contributed by atoms with E-state index >= 15 is 0 Å². The zero-order chi connectivity index (χ0) is 18.5. The van der Waals surface area contributed by atoms with Gasteiger partial charge in [0.05, 0.1) is 0 Å². The van der Waals surface area contributed by atoms with Crippen LogP contribution in [0.2, 0.25) is 0 Å². The topological polar surface area (TPSA) is 40.5 Å². The maximum absolute atomic E-state index is 12.9. The zero-order valence-electron chi connectivity index (χ0n) is 11.8. The molecule has 0 radical (unpaired) electrons. The lowest BCUT2D eigenvalue weighted by atomic mass is 9.63. The maximum atomic E-state index is 12.9. The Labute approximate surface area is 125 Å². The second kappa shape index (κ2) is 5.68. The van der Waals surface area contributed by atoms with Crippen molar-refractivity contribution in [3.63, 3.8) is 0 Å². The SMILES string of the molecule is CC(O)(C1CCCCC1C(O)(C(F)(F)F)C(F)(F)F)C(F)(F)F. The van der Waals surface area contributed by atoms with Gasteiger partial charge >= 0.3 is 18.5 Å². The fourth-order valence-electron chi connectivity index (χ4n) is 3.10. The first-order valence-corrected chi connectivity index (χ1v) is 6.63. The van der Waals surface area contributed by atoms with Gasteiger partial charge in [0, 0.05) is 11.8 Å². The Morgan fingerprint density at radius 1 is 0.652 bits per heavy atom. The van der Waals surface area contributed by atoms with Crippen LogP contribution in [-0.4, -0.2) is 39.9 Å². The second-order valence-corrected chi connectivity index (χ2v) is 5.90.